The monoisotopic (exact) mass is 306 g/mol. The maximum Gasteiger partial charge on any atom is 0.274 e. The van der Waals surface area contributed by atoms with E-state index in [0.717, 1.165) is 18.4 Å². The average molecular weight is 306 g/mol. The van der Waals surface area contributed by atoms with Crippen LogP contribution in [-0.2, 0) is 14.9 Å². The molecule has 1 aromatic carbocycles. The van der Waals surface area contributed by atoms with Crippen LogP contribution in [-0.4, -0.2) is 38.9 Å². The van der Waals surface area contributed by atoms with Gasteiger partial charge in [-0.25, -0.2) is 18.3 Å². The molecule has 0 aromatic heterocycles. The Bertz CT molecular complexity index is 576. The Morgan fingerprint density at radius 3 is 2.75 bits per heavy atom. The minimum absolute atomic E-state index is 0.0292. The van der Waals surface area contributed by atoms with Crippen molar-refractivity contribution in [1.82, 2.24) is 5.48 Å². The highest BCUT2D eigenvalue weighted by molar-refractivity contribution is 7.92. The van der Waals surface area contributed by atoms with Crippen LogP contribution in [0.2, 0.25) is 0 Å². The number of hydrogen-bond donors (Lipinski definition) is 3. The number of benzene rings is 1. The lowest BCUT2D eigenvalue weighted by Gasteiger charge is -2.08. The maximum atomic E-state index is 13.4. The van der Waals surface area contributed by atoms with Gasteiger partial charge < -0.3 is 5.11 Å². The van der Waals surface area contributed by atoms with Gasteiger partial charge in [-0.1, -0.05) is 0 Å². The number of carbonyl (C=O) groups excluding carboxylic acids is 1. The molecule has 0 bridgehead atoms. The lowest BCUT2D eigenvalue weighted by molar-refractivity contribution is 0.0262. The Labute approximate surface area is 115 Å². The van der Waals surface area contributed by atoms with Gasteiger partial charge in [0.25, 0.3) is 5.91 Å². The lowest BCUT2D eigenvalue weighted by Crippen LogP contribution is -2.24. The van der Waals surface area contributed by atoms with Gasteiger partial charge in [0.2, 0.25) is 10.0 Å². The van der Waals surface area contributed by atoms with E-state index in [9.17, 15) is 17.6 Å². The first kappa shape index (κ1) is 16.3. The Morgan fingerprint density at radius 1 is 1.45 bits per heavy atom. The number of hydrogen-bond acceptors (Lipinski definition) is 5. The summed E-state index contributed by atoms with van der Waals surface area (Å²) < 4.78 is 37.5. The number of hydroxylamine groups is 1. The van der Waals surface area contributed by atoms with Crippen molar-refractivity contribution in [2.75, 3.05) is 24.2 Å². The molecule has 1 rings (SSSR count). The van der Waals surface area contributed by atoms with Crippen molar-refractivity contribution in [3.63, 3.8) is 0 Å². The zero-order chi connectivity index (χ0) is 15.2. The van der Waals surface area contributed by atoms with Crippen LogP contribution >= 0.6 is 0 Å². The summed E-state index contributed by atoms with van der Waals surface area (Å²) in [6.45, 7) is 0.0483. The quantitative estimate of drug-likeness (QED) is 0.494. The molecule has 0 saturated carbocycles. The summed E-state index contributed by atoms with van der Waals surface area (Å²) in [5, 5.41) is 8.52. The van der Waals surface area contributed by atoms with E-state index in [0.29, 0.717) is 6.42 Å². The average Bonchev–Trinajstić information content (AvgIpc) is 2.35. The first-order valence-corrected chi connectivity index (χ1v) is 7.53. The Hall–Kier alpha value is -1.71. The predicted molar refractivity (Wildman–Crippen MR) is 70.0 cm³/mol. The number of halogens is 1. The van der Waals surface area contributed by atoms with Crippen molar-refractivity contribution in [1.29, 1.82) is 0 Å². The van der Waals surface area contributed by atoms with E-state index in [1.807, 2.05) is 4.72 Å². The second kappa shape index (κ2) is 7.17. The van der Waals surface area contributed by atoms with Crippen LogP contribution in [0.3, 0.4) is 0 Å². The number of anilines is 1. The second-order valence-corrected chi connectivity index (χ2v) is 5.67. The number of nitrogens with one attached hydrogen (secondary N) is 2. The number of carbonyl (C=O) groups is 1. The van der Waals surface area contributed by atoms with Gasteiger partial charge in [0.15, 0.2) is 0 Å². The fraction of sp³-hybridized carbons (Fsp3) is 0.364. The molecule has 0 fully saturated rings. The van der Waals surface area contributed by atoms with Crippen molar-refractivity contribution < 1.29 is 27.5 Å². The Morgan fingerprint density at radius 2 is 2.15 bits per heavy atom. The molecule has 0 aliphatic heterocycles. The molecular weight excluding hydrogens is 291 g/mol. The highest BCUT2D eigenvalue weighted by Gasteiger charge is 2.12. The third-order valence-electron chi connectivity index (χ3n) is 2.09. The van der Waals surface area contributed by atoms with E-state index in [2.05, 4.69) is 5.48 Å². The smallest absolute Gasteiger partial charge is 0.274 e. The summed E-state index contributed by atoms with van der Waals surface area (Å²) in [6, 6.07) is 3.21. The zero-order valence-corrected chi connectivity index (χ0v) is 11.5. The van der Waals surface area contributed by atoms with Gasteiger partial charge in [-0.2, -0.15) is 0 Å². The van der Waals surface area contributed by atoms with Gasteiger partial charge in [0.1, 0.15) is 5.82 Å². The third-order valence-corrected chi connectivity index (χ3v) is 2.68. The molecule has 0 unspecified atom stereocenters. The molecule has 0 heterocycles. The van der Waals surface area contributed by atoms with Crippen molar-refractivity contribution in [2.24, 2.45) is 0 Å². The van der Waals surface area contributed by atoms with E-state index in [1.54, 1.807) is 0 Å². The van der Waals surface area contributed by atoms with Gasteiger partial charge in [-0.3, -0.25) is 14.4 Å². The Balaban J connectivity index is 2.76. The van der Waals surface area contributed by atoms with Gasteiger partial charge in [-0.15, -0.1) is 0 Å². The lowest BCUT2D eigenvalue weighted by atomic mass is 10.2. The molecule has 1 amide bonds. The van der Waals surface area contributed by atoms with Crippen molar-refractivity contribution in [3.05, 3.63) is 29.6 Å². The molecule has 7 nitrogen and oxygen atoms in total. The molecule has 1 aromatic rings. The van der Waals surface area contributed by atoms with Crippen molar-refractivity contribution in [3.8, 4) is 0 Å². The highest BCUT2D eigenvalue weighted by Crippen LogP contribution is 2.17. The summed E-state index contributed by atoms with van der Waals surface area (Å²) in [6.07, 6.45) is 1.22. The number of aliphatic hydroxyl groups is 1. The summed E-state index contributed by atoms with van der Waals surface area (Å²) in [5.41, 5.74) is 1.80. The first-order chi connectivity index (χ1) is 9.33. The fourth-order valence-corrected chi connectivity index (χ4v) is 1.81. The van der Waals surface area contributed by atoms with Crippen LogP contribution < -0.4 is 10.2 Å². The minimum atomic E-state index is -3.65. The van der Waals surface area contributed by atoms with Gasteiger partial charge in [-0.05, 0) is 24.6 Å². The van der Waals surface area contributed by atoms with Crippen LogP contribution in [0, 0.1) is 5.82 Å². The van der Waals surface area contributed by atoms with Gasteiger partial charge >= 0.3 is 0 Å². The van der Waals surface area contributed by atoms with E-state index < -0.39 is 21.7 Å². The molecule has 0 aliphatic rings. The molecule has 0 saturated heterocycles. The zero-order valence-electron chi connectivity index (χ0n) is 10.7. The molecule has 0 spiro atoms. The number of rotatable bonds is 7. The molecule has 9 heteroatoms. The summed E-state index contributed by atoms with van der Waals surface area (Å²) in [7, 11) is -3.65. The molecule has 3 N–H and O–H groups in total. The van der Waals surface area contributed by atoms with Gasteiger partial charge in [0.05, 0.1) is 18.6 Å². The topological polar surface area (TPSA) is 105 Å². The molecule has 0 radical (unpaired) electrons. The summed E-state index contributed by atoms with van der Waals surface area (Å²) in [4.78, 5) is 16.4. The third kappa shape index (κ3) is 5.51. The van der Waals surface area contributed by atoms with Crippen LogP contribution in [0.1, 0.15) is 16.8 Å². The molecule has 112 valence electrons. The van der Waals surface area contributed by atoms with Crippen LogP contribution in [0.15, 0.2) is 18.2 Å². The van der Waals surface area contributed by atoms with Crippen molar-refractivity contribution in [2.45, 2.75) is 6.42 Å². The number of amides is 1. The first-order valence-electron chi connectivity index (χ1n) is 5.64. The highest BCUT2D eigenvalue weighted by atomic mass is 32.2. The van der Waals surface area contributed by atoms with E-state index in [-0.39, 0.29) is 24.5 Å². The standard InChI is InChI=1S/C11H15FN2O5S/c1-20(17,18)14-10-7-8(3-4-9(10)12)11(16)13-19-6-2-5-15/h3-4,7,14-15H,2,5-6H2,1H3,(H,13,16). The van der Waals surface area contributed by atoms with Crippen LogP contribution in [0.5, 0.6) is 0 Å². The van der Waals surface area contributed by atoms with Crippen LogP contribution in [0.25, 0.3) is 0 Å². The fourth-order valence-electron chi connectivity index (χ4n) is 1.26. The normalized spacial score (nSPS) is 11.2. The van der Waals surface area contributed by atoms with E-state index in [4.69, 9.17) is 9.94 Å². The molecule has 20 heavy (non-hydrogen) atoms. The SMILES string of the molecule is CS(=O)(=O)Nc1cc(C(=O)NOCCCO)ccc1F. The molecular formula is C11H15FN2O5S. The van der Waals surface area contributed by atoms with Crippen LogP contribution in [0.4, 0.5) is 10.1 Å². The largest absolute Gasteiger partial charge is 0.396 e. The van der Waals surface area contributed by atoms with Crippen molar-refractivity contribution >= 4 is 21.6 Å². The van der Waals surface area contributed by atoms with E-state index in [1.165, 1.54) is 6.07 Å². The Kier molecular flexibility index (Phi) is 5.86. The van der Waals surface area contributed by atoms with E-state index >= 15 is 0 Å². The number of sulfonamides is 1. The summed E-state index contributed by atoms with van der Waals surface area (Å²) >= 11 is 0. The number of aliphatic hydroxyl groups excluding tert-OH is 1. The minimum Gasteiger partial charge on any atom is -0.396 e. The molecule has 0 aliphatic carbocycles. The maximum absolute atomic E-state index is 13.4. The second-order valence-electron chi connectivity index (χ2n) is 3.93. The van der Waals surface area contributed by atoms with Gasteiger partial charge in [0, 0.05) is 12.2 Å². The molecule has 0 atom stereocenters. The predicted octanol–water partition coefficient (Wildman–Crippen LogP) is 0.241. The summed E-state index contributed by atoms with van der Waals surface area (Å²) in [5.74, 6) is -1.45.